The van der Waals surface area contributed by atoms with Crippen molar-refractivity contribution in [3.63, 3.8) is 0 Å². The van der Waals surface area contributed by atoms with Gasteiger partial charge in [0, 0.05) is 24.5 Å². The number of aliphatic hydroxyl groups is 1. The van der Waals surface area contributed by atoms with Gasteiger partial charge >= 0.3 is 0 Å². The van der Waals surface area contributed by atoms with Gasteiger partial charge in [-0.25, -0.2) is 0 Å². The lowest BCUT2D eigenvalue weighted by Crippen LogP contribution is -2.17. The minimum absolute atomic E-state index is 0.103. The standard InChI is InChI=1S/C13H16N4O/c18-9-13-15-14-10-17(13)12-5-3-11(4-6-12)16-7-1-2-8-16/h3-6,10,18H,1-2,7-9H2. The van der Waals surface area contributed by atoms with Gasteiger partial charge in [0.15, 0.2) is 5.82 Å². The maximum Gasteiger partial charge on any atom is 0.163 e. The molecule has 1 aromatic carbocycles. The van der Waals surface area contributed by atoms with E-state index in [0.29, 0.717) is 5.82 Å². The second-order valence-electron chi connectivity index (χ2n) is 4.49. The van der Waals surface area contributed by atoms with Gasteiger partial charge in [-0.1, -0.05) is 0 Å². The number of hydrogen-bond donors (Lipinski definition) is 1. The molecule has 1 fully saturated rings. The summed E-state index contributed by atoms with van der Waals surface area (Å²) in [6.07, 6.45) is 4.18. The quantitative estimate of drug-likeness (QED) is 0.885. The number of anilines is 1. The van der Waals surface area contributed by atoms with Crippen LogP contribution in [-0.4, -0.2) is 33.0 Å². The highest BCUT2D eigenvalue weighted by atomic mass is 16.3. The molecule has 0 unspecified atom stereocenters. The van der Waals surface area contributed by atoms with Crippen LogP contribution < -0.4 is 4.90 Å². The first-order valence-electron chi connectivity index (χ1n) is 6.23. The fourth-order valence-electron chi connectivity index (χ4n) is 2.38. The maximum atomic E-state index is 9.16. The van der Waals surface area contributed by atoms with E-state index in [1.807, 2.05) is 12.1 Å². The van der Waals surface area contributed by atoms with Crippen molar-refractivity contribution >= 4 is 5.69 Å². The molecule has 1 aliphatic heterocycles. The second-order valence-corrected chi connectivity index (χ2v) is 4.49. The van der Waals surface area contributed by atoms with E-state index in [2.05, 4.69) is 27.2 Å². The molecule has 0 bridgehead atoms. The van der Waals surface area contributed by atoms with Gasteiger partial charge in [-0.2, -0.15) is 0 Å². The minimum atomic E-state index is -0.103. The molecular weight excluding hydrogens is 228 g/mol. The van der Waals surface area contributed by atoms with Crippen LogP contribution in [0.1, 0.15) is 18.7 Å². The summed E-state index contributed by atoms with van der Waals surface area (Å²) in [5, 5.41) is 16.8. The molecule has 5 heteroatoms. The van der Waals surface area contributed by atoms with E-state index < -0.39 is 0 Å². The molecular formula is C13H16N4O. The third kappa shape index (κ3) is 1.97. The van der Waals surface area contributed by atoms with E-state index in [-0.39, 0.29) is 6.61 Å². The molecule has 0 radical (unpaired) electrons. The van der Waals surface area contributed by atoms with Crippen LogP contribution in [0, 0.1) is 0 Å². The maximum absolute atomic E-state index is 9.16. The number of rotatable bonds is 3. The van der Waals surface area contributed by atoms with Crippen molar-refractivity contribution in [1.29, 1.82) is 0 Å². The van der Waals surface area contributed by atoms with E-state index in [1.54, 1.807) is 10.9 Å². The number of benzene rings is 1. The van der Waals surface area contributed by atoms with Gasteiger partial charge in [0.2, 0.25) is 0 Å². The molecule has 0 aliphatic carbocycles. The monoisotopic (exact) mass is 244 g/mol. The molecule has 0 atom stereocenters. The molecule has 0 saturated carbocycles. The molecule has 1 saturated heterocycles. The molecule has 94 valence electrons. The zero-order chi connectivity index (χ0) is 12.4. The fraction of sp³-hybridized carbons (Fsp3) is 0.385. The van der Waals surface area contributed by atoms with Gasteiger partial charge in [0.1, 0.15) is 12.9 Å². The molecule has 18 heavy (non-hydrogen) atoms. The van der Waals surface area contributed by atoms with Crippen molar-refractivity contribution in [2.45, 2.75) is 19.4 Å². The minimum Gasteiger partial charge on any atom is -0.388 e. The van der Waals surface area contributed by atoms with Crippen molar-refractivity contribution in [1.82, 2.24) is 14.8 Å². The van der Waals surface area contributed by atoms with Crippen molar-refractivity contribution in [2.75, 3.05) is 18.0 Å². The highest BCUT2D eigenvalue weighted by Crippen LogP contribution is 2.21. The molecule has 5 nitrogen and oxygen atoms in total. The largest absolute Gasteiger partial charge is 0.388 e. The Bertz CT molecular complexity index is 514. The van der Waals surface area contributed by atoms with Gasteiger partial charge in [-0.3, -0.25) is 4.57 Å². The SMILES string of the molecule is OCc1nncn1-c1ccc(N2CCCC2)cc1. The summed E-state index contributed by atoms with van der Waals surface area (Å²) in [6.45, 7) is 2.19. The third-order valence-electron chi connectivity index (χ3n) is 3.36. The highest BCUT2D eigenvalue weighted by Gasteiger charge is 2.12. The normalized spacial score (nSPS) is 15.3. The lowest BCUT2D eigenvalue weighted by Gasteiger charge is -2.17. The van der Waals surface area contributed by atoms with Crippen molar-refractivity contribution < 1.29 is 5.11 Å². The Labute approximate surface area is 106 Å². The summed E-state index contributed by atoms with van der Waals surface area (Å²) in [6, 6.07) is 8.30. The predicted octanol–water partition coefficient (Wildman–Crippen LogP) is 1.36. The summed E-state index contributed by atoms with van der Waals surface area (Å²) >= 11 is 0. The van der Waals surface area contributed by atoms with Crippen molar-refractivity contribution in [2.24, 2.45) is 0 Å². The predicted molar refractivity (Wildman–Crippen MR) is 68.7 cm³/mol. The van der Waals surface area contributed by atoms with Crippen LogP contribution in [0.4, 0.5) is 5.69 Å². The van der Waals surface area contributed by atoms with Crippen LogP contribution in [0.15, 0.2) is 30.6 Å². The van der Waals surface area contributed by atoms with E-state index in [9.17, 15) is 0 Å². The zero-order valence-electron chi connectivity index (χ0n) is 10.2. The Morgan fingerprint density at radius 1 is 1.06 bits per heavy atom. The van der Waals surface area contributed by atoms with Gasteiger partial charge in [-0.05, 0) is 37.1 Å². The summed E-state index contributed by atoms with van der Waals surface area (Å²) in [4.78, 5) is 2.39. The van der Waals surface area contributed by atoms with Crippen LogP contribution >= 0.6 is 0 Å². The summed E-state index contributed by atoms with van der Waals surface area (Å²) < 4.78 is 1.80. The second kappa shape index (κ2) is 4.78. The Balaban J connectivity index is 1.86. The molecule has 1 N–H and O–H groups in total. The summed E-state index contributed by atoms with van der Waals surface area (Å²) in [5.41, 5.74) is 2.24. The molecule has 0 spiro atoms. The average molecular weight is 244 g/mol. The summed E-state index contributed by atoms with van der Waals surface area (Å²) in [5.74, 6) is 0.559. The first kappa shape index (κ1) is 11.2. The Hall–Kier alpha value is -1.88. The molecule has 0 amide bonds. The number of hydrogen-bond acceptors (Lipinski definition) is 4. The van der Waals surface area contributed by atoms with Crippen LogP contribution in [0.25, 0.3) is 5.69 Å². The first-order chi connectivity index (χ1) is 8.88. The van der Waals surface area contributed by atoms with E-state index in [0.717, 1.165) is 18.8 Å². The highest BCUT2D eigenvalue weighted by molar-refractivity contribution is 5.51. The van der Waals surface area contributed by atoms with Gasteiger partial charge in [0.05, 0.1) is 0 Å². The fourth-order valence-corrected chi connectivity index (χ4v) is 2.38. The van der Waals surface area contributed by atoms with Crippen LogP contribution in [0.5, 0.6) is 0 Å². The smallest absolute Gasteiger partial charge is 0.163 e. The van der Waals surface area contributed by atoms with Gasteiger partial charge < -0.3 is 10.0 Å². The number of aliphatic hydroxyl groups excluding tert-OH is 1. The Morgan fingerprint density at radius 2 is 1.72 bits per heavy atom. The van der Waals surface area contributed by atoms with Crippen molar-refractivity contribution in [3.05, 3.63) is 36.4 Å². The third-order valence-corrected chi connectivity index (χ3v) is 3.36. The molecule has 3 rings (SSSR count). The van der Waals surface area contributed by atoms with Crippen LogP contribution in [0.2, 0.25) is 0 Å². The molecule has 2 aromatic rings. The topological polar surface area (TPSA) is 54.2 Å². The molecule has 1 aromatic heterocycles. The van der Waals surface area contributed by atoms with E-state index in [1.165, 1.54) is 18.5 Å². The zero-order valence-corrected chi connectivity index (χ0v) is 10.2. The van der Waals surface area contributed by atoms with E-state index >= 15 is 0 Å². The van der Waals surface area contributed by atoms with Gasteiger partial charge in [0.25, 0.3) is 0 Å². The Kier molecular flexibility index (Phi) is 2.98. The van der Waals surface area contributed by atoms with Crippen molar-refractivity contribution in [3.8, 4) is 5.69 Å². The number of nitrogens with zero attached hydrogens (tertiary/aromatic N) is 4. The van der Waals surface area contributed by atoms with E-state index in [4.69, 9.17) is 5.11 Å². The summed E-state index contributed by atoms with van der Waals surface area (Å²) in [7, 11) is 0. The molecule has 1 aliphatic rings. The lowest BCUT2D eigenvalue weighted by atomic mass is 10.2. The van der Waals surface area contributed by atoms with Gasteiger partial charge in [-0.15, -0.1) is 10.2 Å². The van der Waals surface area contributed by atoms with Crippen LogP contribution in [-0.2, 0) is 6.61 Å². The number of aromatic nitrogens is 3. The average Bonchev–Trinajstić information content (AvgIpc) is 3.10. The van der Waals surface area contributed by atoms with Crippen LogP contribution in [0.3, 0.4) is 0 Å². The first-order valence-corrected chi connectivity index (χ1v) is 6.23. The molecule has 2 heterocycles. The Morgan fingerprint density at radius 3 is 2.39 bits per heavy atom. The lowest BCUT2D eigenvalue weighted by molar-refractivity contribution is 0.269.